The van der Waals surface area contributed by atoms with E-state index in [9.17, 15) is 0 Å². The molecule has 13 heavy (non-hydrogen) atoms. The molecule has 0 unspecified atom stereocenters. The molecule has 4 heteroatoms. The smallest absolute Gasteiger partial charge is 0.228 e. The number of nitrogens with zero attached hydrogens (tertiary/aromatic N) is 3. The Hall–Kier alpha value is -1.32. The summed E-state index contributed by atoms with van der Waals surface area (Å²) in [5.74, 6) is 1.44. The monoisotopic (exact) mass is 179 g/mol. The average molecular weight is 179 g/mol. The van der Waals surface area contributed by atoms with E-state index in [1.54, 1.807) is 7.11 Å². The van der Waals surface area contributed by atoms with Crippen molar-refractivity contribution < 1.29 is 4.74 Å². The topological polar surface area (TPSA) is 38.2 Å². The normalized spacial score (nSPS) is 15.4. The zero-order valence-corrected chi connectivity index (χ0v) is 7.95. The highest BCUT2D eigenvalue weighted by molar-refractivity contribution is 5.36. The third kappa shape index (κ3) is 1.56. The minimum absolute atomic E-state index is 0.648. The number of ether oxygens (including phenoxy) is 1. The van der Waals surface area contributed by atoms with Crippen molar-refractivity contribution >= 4 is 5.95 Å². The van der Waals surface area contributed by atoms with Gasteiger partial charge in [0.1, 0.15) is 0 Å². The zero-order valence-electron chi connectivity index (χ0n) is 7.95. The fraction of sp³-hybridized carbons (Fsp3) is 0.556. The standard InChI is InChI=1S/C9H13N3O/c1-7-6-8(13-2)11-9(10-7)12-4-3-5-12/h6H,3-5H2,1-2H3. The lowest BCUT2D eigenvalue weighted by Crippen LogP contribution is -2.38. The van der Waals surface area contributed by atoms with Gasteiger partial charge in [0, 0.05) is 24.8 Å². The molecule has 2 rings (SSSR count). The first kappa shape index (κ1) is 8.29. The molecular formula is C9H13N3O. The zero-order chi connectivity index (χ0) is 9.26. The van der Waals surface area contributed by atoms with Gasteiger partial charge < -0.3 is 9.64 Å². The van der Waals surface area contributed by atoms with Crippen LogP contribution in [-0.4, -0.2) is 30.2 Å². The summed E-state index contributed by atoms with van der Waals surface area (Å²) in [5.41, 5.74) is 0.953. The van der Waals surface area contributed by atoms with E-state index in [4.69, 9.17) is 4.74 Å². The Bertz CT molecular complexity index is 310. The van der Waals surface area contributed by atoms with Crippen molar-refractivity contribution in [2.75, 3.05) is 25.1 Å². The number of hydrogen-bond donors (Lipinski definition) is 0. The van der Waals surface area contributed by atoms with E-state index < -0.39 is 0 Å². The molecule has 4 nitrogen and oxygen atoms in total. The number of anilines is 1. The highest BCUT2D eigenvalue weighted by Gasteiger charge is 2.17. The third-order valence-corrected chi connectivity index (χ3v) is 2.17. The third-order valence-electron chi connectivity index (χ3n) is 2.17. The quantitative estimate of drug-likeness (QED) is 0.679. The van der Waals surface area contributed by atoms with E-state index in [2.05, 4.69) is 14.9 Å². The SMILES string of the molecule is COc1cc(C)nc(N2CCC2)n1. The number of hydrogen-bond acceptors (Lipinski definition) is 4. The Kier molecular flexibility index (Phi) is 2.04. The lowest BCUT2D eigenvalue weighted by atomic mass is 10.2. The first-order valence-electron chi connectivity index (χ1n) is 4.44. The van der Waals surface area contributed by atoms with Gasteiger partial charge in [-0.1, -0.05) is 0 Å². The summed E-state index contributed by atoms with van der Waals surface area (Å²) in [4.78, 5) is 10.8. The Labute approximate surface area is 77.6 Å². The molecule has 0 bridgehead atoms. The number of aryl methyl sites for hydroxylation is 1. The Morgan fingerprint density at radius 1 is 1.38 bits per heavy atom. The molecule has 1 saturated heterocycles. The van der Waals surface area contributed by atoms with Gasteiger partial charge in [0.25, 0.3) is 0 Å². The van der Waals surface area contributed by atoms with Crippen molar-refractivity contribution in [1.82, 2.24) is 9.97 Å². The van der Waals surface area contributed by atoms with Crippen molar-refractivity contribution in [3.05, 3.63) is 11.8 Å². The second kappa shape index (κ2) is 3.20. The Morgan fingerprint density at radius 3 is 2.69 bits per heavy atom. The predicted molar refractivity (Wildman–Crippen MR) is 50.2 cm³/mol. The predicted octanol–water partition coefficient (Wildman–Crippen LogP) is 1.00. The largest absolute Gasteiger partial charge is 0.481 e. The second-order valence-electron chi connectivity index (χ2n) is 3.19. The van der Waals surface area contributed by atoms with E-state index in [-0.39, 0.29) is 0 Å². The van der Waals surface area contributed by atoms with Crippen molar-refractivity contribution in [3.63, 3.8) is 0 Å². The molecule has 0 N–H and O–H groups in total. The van der Waals surface area contributed by atoms with Gasteiger partial charge >= 0.3 is 0 Å². The summed E-state index contributed by atoms with van der Waals surface area (Å²) >= 11 is 0. The molecule has 1 aromatic rings. The molecule has 0 amide bonds. The van der Waals surface area contributed by atoms with Crippen LogP contribution < -0.4 is 9.64 Å². The van der Waals surface area contributed by atoms with Crippen LogP contribution in [0.15, 0.2) is 6.07 Å². The van der Waals surface area contributed by atoms with Gasteiger partial charge in [-0.15, -0.1) is 0 Å². The molecule has 0 radical (unpaired) electrons. The van der Waals surface area contributed by atoms with Gasteiger partial charge in [-0.3, -0.25) is 0 Å². The molecule has 70 valence electrons. The van der Waals surface area contributed by atoms with Crippen LogP contribution in [0.3, 0.4) is 0 Å². The van der Waals surface area contributed by atoms with E-state index >= 15 is 0 Å². The maximum absolute atomic E-state index is 5.08. The van der Waals surface area contributed by atoms with Crippen molar-refractivity contribution in [3.8, 4) is 5.88 Å². The minimum Gasteiger partial charge on any atom is -0.481 e. The summed E-state index contributed by atoms with van der Waals surface area (Å²) in [7, 11) is 1.63. The van der Waals surface area contributed by atoms with Crippen LogP contribution in [0.2, 0.25) is 0 Å². The molecule has 0 atom stereocenters. The average Bonchev–Trinajstić information content (AvgIpc) is 2.00. The van der Waals surface area contributed by atoms with Gasteiger partial charge in [-0.05, 0) is 13.3 Å². The summed E-state index contributed by atoms with van der Waals surface area (Å²) in [6.07, 6.45) is 1.24. The lowest BCUT2D eigenvalue weighted by molar-refractivity contribution is 0.395. The molecule has 1 fully saturated rings. The van der Waals surface area contributed by atoms with Gasteiger partial charge in [0.15, 0.2) is 0 Å². The summed E-state index contributed by atoms with van der Waals surface area (Å²) in [6, 6.07) is 1.84. The minimum atomic E-state index is 0.648. The van der Waals surface area contributed by atoms with E-state index in [0.717, 1.165) is 24.7 Å². The fourth-order valence-corrected chi connectivity index (χ4v) is 1.29. The Morgan fingerprint density at radius 2 is 2.15 bits per heavy atom. The maximum atomic E-state index is 5.08. The highest BCUT2D eigenvalue weighted by atomic mass is 16.5. The first-order chi connectivity index (χ1) is 6.29. The molecule has 1 aliphatic heterocycles. The first-order valence-corrected chi connectivity index (χ1v) is 4.44. The van der Waals surface area contributed by atoms with E-state index in [1.165, 1.54) is 6.42 Å². The summed E-state index contributed by atoms with van der Waals surface area (Å²) in [6.45, 7) is 4.08. The molecule has 0 aliphatic carbocycles. The molecule has 1 aliphatic rings. The van der Waals surface area contributed by atoms with Crippen LogP contribution in [0.1, 0.15) is 12.1 Å². The van der Waals surface area contributed by atoms with Gasteiger partial charge in [-0.2, -0.15) is 4.98 Å². The fourth-order valence-electron chi connectivity index (χ4n) is 1.29. The van der Waals surface area contributed by atoms with Crippen LogP contribution in [0.4, 0.5) is 5.95 Å². The van der Waals surface area contributed by atoms with Crippen molar-refractivity contribution in [2.45, 2.75) is 13.3 Å². The van der Waals surface area contributed by atoms with Crippen molar-refractivity contribution in [2.24, 2.45) is 0 Å². The lowest BCUT2D eigenvalue weighted by Gasteiger charge is -2.30. The van der Waals surface area contributed by atoms with Crippen LogP contribution >= 0.6 is 0 Å². The highest BCUT2D eigenvalue weighted by Crippen LogP contribution is 2.19. The Balaban J connectivity index is 2.28. The number of rotatable bonds is 2. The van der Waals surface area contributed by atoms with Crippen molar-refractivity contribution in [1.29, 1.82) is 0 Å². The summed E-state index contributed by atoms with van der Waals surface area (Å²) < 4.78 is 5.08. The number of methoxy groups -OCH3 is 1. The van der Waals surface area contributed by atoms with Crippen LogP contribution in [0, 0.1) is 6.92 Å². The van der Waals surface area contributed by atoms with Crippen LogP contribution in [0.5, 0.6) is 5.88 Å². The van der Waals surface area contributed by atoms with Gasteiger partial charge in [0.05, 0.1) is 7.11 Å². The van der Waals surface area contributed by atoms with Crippen LogP contribution in [0.25, 0.3) is 0 Å². The molecular weight excluding hydrogens is 166 g/mol. The van der Waals surface area contributed by atoms with Gasteiger partial charge in [-0.25, -0.2) is 4.98 Å². The number of aromatic nitrogens is 2. The van der Waals surface area contributed by atoms with E-state index in [1.807, 2.05) is 13.0 Å². The maximum Gasteiger partial charge on any atom is 0.228 e. The summed E-state index contributed by atoms with van der Waals surface area (Å²) in [5, 5.41) is 0. The van der Waals surface area contributed by atoms with Gasteiger partial charge in [0.2, 0.25) is 11.8 Å². The molecule has 0 aromatic carbocycles. The molecule has 1 aromatic heterocycles. The molecule has 0 saturated carbocycles. The van der Waals surface area contributed by atoms with E-state index in [0.29, 0.717) is 5.88 Å². The molecule has 2 heterocycles. The van der Waals surface area contributed by atoms with Crippen LogP contribution in [-0.2, 0) is 0 Å². The second-order valence-corrected chi connectivity index (χ2v) is 3.19. The molecule has 0 spiro atoms.